The molecule has 0 amide bonds. The Hall–Kier alpha value is -1.06. The van der Waals surface area contributed by atoms with E-state index in [4.69, 9.17) is 17.3 Å². The number of halogens is 1. The van der Waals surface area contributed by atoms with Crippen molar-refractivity contribution in [1.82, 2.24) is 9.78 Å². The van der Waals surface area contributed by atoms with Gasteiger partial charge in [0.15, 0.2) is 0 Å². The maximum absolute atomic E-state index is 6.04. The van der Waals surface area contributed by atoms with Gasteiger partial charge in [0.25, 0.3) is 0 Å². The zero-order chi connectivity index (χ0) is 11.0. The van der Waals surface area contributed by atoms with Crippen LogP contribution in [0.25, 0.3) is 10.9 Å². The Kier molecular flexibility index (Phi) is 2.67. The van der Waals surface area contributed by atoms with Gasteiger partial charge in [0, 0.05) is 23.5 Å². The summed E-state index contributed by atoms with van der Waals surface area (Å²) in [6.07, 6.45) is 2.64. The lowest BCUT2D eigenvalue weighted by Gasteiger charge is -2.08. The van der Waals surface area contributed by atoms with Crippen LogP contribution in [0.15, 0.2) is 18.3 Å². The molecule has 0 aliphatic rings. The fourth-order valence-electron chi connectivity index (χ4n) is 1.88. The van der Waals surface area contributed by atoms with Gasteiger partial charge in [0.05, 0.1) is 11.7 Å². The first-order valence-electron chi connectivity index (χ1n) is 4.93. The molecule has 1 unspecified atom stereocenters. The van der Waals surface area contributed by atoms with Crippen LogP contribution in [0, 0.1) is 0 Å². The Balaban J connectivity index is 2.63. The minimum atomic E-state index is 0.126. The zero-order valence-corrected chi connectivity index (χ0v) is 9.62. The number of rotatable bonds is 2. The van der Waals surface area contributed by atoms with Crippen molar-refractivity contribution in [3.8, 4) is 0 Å². The molecule has 0 aliphatic heterocycles. The molecule has 1 heterocycles. The third-order valence-corrected chi connectivity index (χ3v) is 2.64. The molecule has 0 spiro atoms. The first-order valence-corrected chi connectivity index (χ1v) is 5.31. The van der Waals surface area contributed by atoms with E-state index in [1.807, 2.05) is 37.0 Å². The molecule has 15 heavy (non-hydrogen) atoms. The highest BCUT2D eigenvalue weighted by Crippen LogP contribution is 2.24. The molecule has 0 fully saturated rings. The molecule has 2 aromatic rings. The zero-order valence-electron chi connectivity index (χ0n) is 8.87. The third kappa shape index (κ3) is 1.98. The Morgan fingerprint density at radius 3 is 2.93 bits per heavy atom. The average molecular weight is 224 g/mol. The predicted molar refractivity (Wildman–Crippen MR) is 63.1 cm³/mol. The summed E-state index contributed by atoms with van der Waals surface area (Å²) >= 11 is 6.04. The van der Waals surface area contributed by atoms with Gasteiger partial charge in [-0.05, 0) is 31.0 Å². The molecule has 1 atom stereocenters. The van der Waals surface area contributed by atoms with Crippen LogP contribution < -0.4 is 5.73 Å². The third-order valence-electron chi connectivity index (χ3n) is 2.42. The summed E-state index contributed by atoms with van der Waals surface area (Å²) in [5.74, 6) is 0. The molecule has 2 N–H and O–H groups in total. The molecule has 80 valence electrons. The number of hydrogen-bond acceptors (Lipinski definition) is 2. The number of benzene rings is 1. The van der Waals surface area contributed by atoms with E-state index in [0.29, 0.717) is 0 Å². The summed E-state index contributed by atoms with van der Waals surface area (Å²) in [4.78, 5) is 0. The lowest BCUT2D eigenvalue weighted by atomic mass is 10.0. The predicted octanol–water partition coefficient (Wildman–Crippen LogP) is 2.12. The van der Waals surface area contributed by atoms with Crippen LogP contribution >= 0.6 is 11.6 Å². The van der Waals surface area contributed by atoms with Crippen molar-refractivity contribution in [3.63, 3.8) is 0 Å². The molecule has 0 aliphatic carbocycles. The van der Waals surface area contributed by atoms with Crippen LogP contribution in [0.5, 0.6) is 0 Å². The van der Waals surface area contributed by atoms with Crippen molar-refractivity contribution in [3.05, 3.63) is 28.9 Å². The standard InChI is InChI=1S/C11H14ClN3/c1-7(13)3-8-4-10(12)5-9-6-14-15(2)11(8)9/h4-7H,3,13H2,1-2H3. The van der Waals surface area contributed by atoms with E-state index in [0.717, 1.165) is 27.9 Å². The van der Waals surface area contributed by atoms with E-state index in [1.165, 1.54) is 0 Å². The second-order valence-corrected chi connectivity index (χ2v) is 4.39. The number of nitrogens with two attached hydrogens (primary N) is 1. The van der Waals surface area contributed by atoms with Crippen molar-refractivity contribution in [2.24, 2.45) is 12.8 Å². The minimum Gasteiger partial charge on any atom is -0.328 e. The van der Waals surface area contributed by atoms with Gasteiger partial charge in [0.1, 0.15) is 0 Å². The molecule has 1 aromatic carbocycles. The molecule has 0 radical (unpaired) electrons. The fourth-order valence-corrected chi connectivity index (χ4v) is 2.13. The summed E-state index contributed by atoms with van der Waals surface area (Å²) in [6, 6.07) is 4.02. The topological polar surface area (TPSA) is 43.8 Å². The Morgan fingerprint density at radius 2 is 2.27 bits per heavy atom. The van der Waals surface area contributed by atoms with E-state index >= 15 is 0 Å². The number of aryl methyl sites for hydroxylation is 1. The highest BCUT2D eigenvalue weighted by molar-refractivity contribution is 6.31. The molecule has 4 heteroatoms. The van der Waals surface area contributed by atoms with Crippen molar-refractivity contribution in [2.75, 3.05) is 0 Å². The first kappa shape index (κ1) is 10.5. The Morgan fingerprint density at radius 1 is 1.53 bits per heavy atom. The Labute approximate surface area is 93.8 Å². The number of hydrogen-bond donors (Lipinski definition) is 1. The van der Waals surface area contributed by atoms with Crippen molar-refractivity contribution in [2.45, 2.75) is 19.4 Å². The summed E-state index contributed by atoms with van der Waals surface area (Å²) in [5, 5.41) is 6.03. The Bertz CT molecular complexity index is 488. The molecule has 1 aromatic heterocycles. The molecular formula is C11H14ClN3. The second kappa shape index (κ2) is 3.83. The lowest BCUT2D eigenvalue weighted by Crippen LogP contribution is -2.18. The maximum atomic E-state index is 6.04. The van der Waals surface area contributed by atoms with Crippen LogP contribution in [0.4, 0.5) is 0 Å². The van der Waals surface area contributed by atoms with Crippen LogP contribution in [0.3, 0.4) is 0 Å². The second-order valence-electron chi connectivity index (χ2n) is 3.95. The van der Waals surface area contributed by atoms with Gasteiger partial charge in [-0.3, -0.25) is 4.68 Å². The molecule has 0 saturated carbocycles. The number of fused-ring (bicyclic) bond motifs is 1. The monoisotopic (exact) mass is 223 g/mol. The summed E-state index contributed by atoms with van der Waals surface area (Å²) in [7, 11) is 1.93. The summed E-state index contributed by atoms with van der Waals surface area (Å²) in [5.41, 5.74) is 8.09. The normalized spacial score (nSPS) is 13.3. The molecule has 0 saturated heterocycles. The molecule has 2 rings (SSSR count). The van der Waals surface area contributed by atoms with Crippen molar-refractivity contribution in [1.29, 1.82) is 0 Å². The highest BCUT2D eigenvalue weighted by Gasteiger charge is 2.09. The van der Waals surface area contributed by atoms with Crippen LogP contribution in [-0.2, 0) is 13.5 Å². The van der Waals surface area contributed by atoms with Gasteiger partial charge in [-0.2, -0.15) is 5.10 Å². The molecule has 0 bridgehead atoms. The number of aromatic nitrogens is 2. The quantitative estimate of drug-likeness (QED) is 0.848. The highest BCUT2D eigenvalue weighted by atomic mass is 35.5. The smallest absolute Gasteiger partial charge is 0.0712 e. The number of nitrogens with zero attached hydrogens (tertiary/aromatic N) is 2. The van der Waals surface area contributed by atoms with Crippen molar-refractivity contribution >= 4 is 22.5 Å². The van der Waals surface area contributed by atoms with Gasteiger partial charge < -0.3 is 5.73 Å². The first-order chi connectivity index (χ1) is 7.08. The van der Waals surface area contributed by atoms with E-state index in [1.54, 1.807) is 0 Å². The van der Waals surface area contributed by atoms with Crippen LogP contribution in [-0.4, -0.2) is 15.8 Å². The van der Waals surface area contributed by atoms with Crippen molar-refractivity contribution < 1.29 is 0 Å². The largest absolute Gasteiger partial charge is 0.328 e. The summed E-state index contributed by atoms with van der Waals surface area (Å²) < 4.78 is 1.86. The van der Waals surface area contributed by atoms with E-state index in [-0.39, 0.29) is 6.04 Å². The minimum absolute atomic E-state index is 0.126. The van der Waals surface area contributed by atoms with E-state index in [9.17, 15) is 0 Å². The van der Waals surface area contributed by atoms with E-state index < -0.39 is 0 Å². The summed E-state index contributed by atoms with van der Waals surface area (Å²) in [6.45, 7) is 1.99. The lowest BCUT2D eigenvalue weighted by molar-refractivity contribution is 0.731. The molecular weight excluding hydrogens is 210 g/mol. The fraction of sp³-hybridized carbons (Fsp3) is 0.364. The molecule has 3 nitrogen and oxygen atoms in total. The van der Waals surface area contributed by atoms with Gasteiger partial charge in [-0.15, -0.1) is 0 Å². The van der Waals surface area contributed by atoms with Crippen LogP contribution in [0.2, 0.25) is 5.02 Å². The SMILES string of the molecule is CC(N)Cc1cc(Cl)cc2cnn(C)c12. The van der Waals surface area contributed by atoms with Gasteiger partial charge >= 0.3 is 0 Å². The van der Waals surface area contributed by atoms with Gasteiger partial charge in [0.2, 0.25) is 0 Å². The van der Waals surface area contributed by atoms with Gasteiger partial charge in [-0.25, -0.2) is 0 Å². The maximum Gasteiger partial charge on any atom is 0.0712 e. The van der Waals surface area contributed by atoms with Gasteiger partial charge in [-0.1, -0.05) is 11.6 Å². The van der Waals surface area contributed by atoms with Crippen LogP contribution in [0.1, 0.15) is 12.5 Å². The average Bonchev–Trinajstić information content (AvgIpc) is 2.46. The van der Waals surface area contributed by atoms with E-state index in [2.05, 4.69) is 5.10 Å².